The Morgan fingerprint density at radius 1 is 0.531 bits per heavy atom. The van der Waals surface area contributed by atoms with Gasteiger partial charge in [-0.15, -0.1) is 0 Å². The second-order valence-corrected chi connectivity index (χ2v) is 15.6. The summed E-state index contributed by atoms with van der Waals surface area (Å²) in [6.07, 6.45) is 43.2. The Kier molecular flexibility index (Phi) is 22.2. The van der Waals surface area contributed by atoms with Crippen molar-refractivity contribution in [2.24, 2.45) is 0 Å². The van der Waals surface area contributed by atoms with Crippen LogP contribution in [0, 0.1) is 0 Å². The third kappa shape index (κ3) is 16.9. The fraction of sp³-hybridized carbons (Fsp3) is 0.681. The molecule has 0 spiro atoms. The number of hydrogen-bond donors (Lipinski definition) is 0. The second kappa shape index (κ2) is 26.5. The zero-order chi connectivity index (χ0) is 34.7. The zero-order valence-electron chi connectivity index (χ0n) is 32.6. The summed E-state index contributed by atoms with van der Waals surface area (Å²) in [7, 11) is 0. The van der Waals surface area contributed by atoms with Gasteiger partial charge in [-0.1, -0.05) is 216 Å². The summed E-state index contributed by atoms with van der Waals surface area (Å²) in [5.41, 5.74) is 2.90. The van der Waals surface area contributed by atoms with E-state index in [9.17, 15) is 0 Å². The maximum absolute atomic E-state index is 2.59. The van der Waals surface area contributed by atoms with Crippen molar-refractivity contribution in [2.75, 3.05) is 0 Å². The van der Waals surface area contributed by atoms with Crippen LogP contribution in [0.1, 0.15) is 198 Å². The molecule has 49 heavy (non-hydrogen) atoms. The van der Waals surface area contributed by atoms with Crippen molar-refractivity contribution in [3.63, 3.8) is 0 Å². The minimum Gasteiger partial charge on any atom is -0.237 e. The number of rotatable bonds is 31. The Hall–Kier alpha value is -2.35. The Morgan fingerprint density at radius 3 is 1.45 bits per heavy atom. The zero-order valence-corrected chi connectivity index (χ0v) is 32.6. The van der Waals surface area contributed by atoms with E-state index in [0.29, 0.717) is 6.04 Å². The van der Waals surface area contributed by atoms with Crippen molar-refractivity contribution >= 4 is 0 Å². The van der Waals surface area contributed by atoms with E-state index in [1.807, 2.05) is 0 Å². The van der Waals surface area contributed by atoms with E-state index in [1.165, 1.54) is 172 Å². The van der Waals surface area contributed by atoms with Gasteiger partial charge in [0.15, 0.2) is 0 Å². The first-order chi connectivity index (χ1) is 24.2. The van der Waals surface area contributed by atoms with E-state index in [1.54, 1.807) is 0 Å². The minimum absolute atomic E-state index is 0.00773. The van der Waals surface area contributed by atoms with Gasteiger partial charge < -0.3 is 0 Å². The highest BCUT2D eigenvalue weighted by Gasteiger charge is 2.40. The molecule has 1 aromatic heterocycles. The number of imidazole rings is 1. The van der Waals surface area contributed by atoms with Crippen LogP contribution in [-0.4, -0.2) is 4.57 Å². The van der Waals surface area contributed by atoms with Crippen molar-refractivity contribution in [1.82, 2.24) is 4.57 Å². The maximum Gasteiger partial charge on any atom is 0.244 e. The molecule has 0 aliphatic heterocycles. The Balaban J connectivity index is 1.49. The molecular formula is C47H77N2+. The molecule has 2 aromatic carbocycles. The predicted molar refractivity (Wildman–Crippen MR) is 214 cm³/mol. The van der Waals surface area contributed by atoms with Crippen LogP contribution in [0.3, 0.4) is 0 Å². The average molecular weight is 670 g/mol. The quantitative estimate of drug-likeness (QED) is 0.0476. The lowest BCUT2D eigenvalue weighted by molar-refractivity contribution is -0.697. The van der Waals surface area contributed by atoms with Crippen LogP contribution in [0.5, 0.6) is 0 Å². The molecule has 0 saturated carbocycles. The molecule has 274 valence electrons. The van der Waals surface area contributed by atoms with E-state index in [0.717, 1.165) is 13.0 Å². The molecular weight excluding hydrogens is 593 g/mol. The van der Waals surface area contributed by atoms with Gasteiger partial charge in [0, 0.05) is 5.41 Å². The van der Waals surface area contributed by atoms with Crippen molar-refractivity contribution in [3.8, 4) is 0 Å². The molecule has 3 rings (SSSR count). The number of aryl methyl sites for hydroxylation is 1. The smallest absolute Gasteiger partial charge is 0.237 e. The van der Waals surface area contributed by atoms with Crippen LogP contribution in [0.2, 0.25) is 0 Å². The second-order valence-electron chi connectivity index (χ2n) is 15.6. The van der Waals surface area contributed by atoms with Gasteiger partial charge in [0.2, 0.25) is 6.33 Å². The molecule has 2 unspecified atom stereocenters. The minimum atomic E-state index is 0.00773. The molecule has 2 nitrogen and oxygen atoms in total. The lowest BCUT2D eigenvalue weighted by atomic mass is 9.70. The molecule has 0 radical (unpaired) electrons. The van der Waals surface area contributed by atoms with Crippen LogP contribution < -0.4 is 4.57 Å². The van der Waals surface area contributed by atoms with Gasteiger partial charge in [-0.25, -0.2) is 9.13 Å². The average Bonchev–Trinajstić information content (AvgIpc) is 3.59. The van der Waals surface area contributed by atoms with Gasteiger partial charge >= 0.3 is 0 Å². The van der Waals surface area contributed by atoms with E-state index in [2.05, 4.69) is 109 Å². The molecule has 0 aliphatic rings. The van der Waals surface area contributed by atoms with Gasteiger partial charge in [0.1, 0.15) is 18.4 Å². The topological polar surface area (TPSA) is 8.81 Å². The Morgan fingerprint density at radius 2 is 0.959 bits per heavy atom. The predicted octanol–water partition coefficient (Wildman–Crippen LogP) is 14.3. The molecule has 3 aromatic rings. The molecule has 0 N–H and O–H groups in total. The van der Waals surface area contributed by atoms with Crippen molar-refractivity contribution < 1.29 is 4.57 Å². The Labute approximate surface area is 304 Å². The Bertz CT molecular complexity index is 1150. The van der Waals surface area contributed by atoms with E-state index >= 15 is 0 Å². The summed E-state index contributed by atoms with van der Waals surface area (Å²) in [5, 5.41) is 0. The highest BCUT2D eigenvalue weighted by molar-refractivity contribution is 5.30. The fourth-order valence-corrected chi connectivity index (χ4v) is 8.09. The van der Waals surface area contributed by atoms with Gasteiger partial charge in [-0.2, -0.15) is 0 Å². The summed E-state index contributed by atoms with van der Waals surface area (Å²) >= 11 is 0. The number of unbranched alkanes of at least 4 members (excludes halogenated alkanes) is 22. The van der Waals surface area contributed by atoms with Gasteiger partial charge in [0.25, 0.3) is 0 Å². The number of nitrogens with zero attached hydrogens (tertiary/aromatic N) is 2. The highest BCUT2D eigenvalue weighted by Crippen LogP contribution is 2.41. The van der Waals surface area contributed by atoms with E-state index in [4.69, 9.17) is 0 Å². The summed E-state index contributed by atoms with van der Waals surface area (Å²) < 4.78 is 5.05. The van der Waals surface area contributed by atoms with Crippen LogP contribution >= 0.6 is 0 Å². The molecule has 1 heterocycles. The molecule has 0 saturated heterocycles. The SMILES string of the molecule is CCCCCCCCCCCCCCCCCCCC(n1cc[n+](CCCCCCCCC)c1)C(C)(Cc1ccccc1)c1ccccc1. The van der Waals surface area contributed by atoms with Gasteiger partial charge in [0.05, 0.1) is 6.54 Å². The maximum atomic E-state index is 2.59. The molecule has 0 bridgehead atoms. The van der Waals surface area contributed by atoms with Crippen LogP contribution in [0.4, 0.5) is 0 Å². The summed E-state index contributed by atoms with van der Waals surface area (Å²) in [4.78, 5) is 0. The summed E-state index contributed by atoms with van der Waals surface area (Å²) in [6.45, 7) is 8.28. The normalized spacial score (nSPS) is 13.4. The van der Waals surface area contributed by atoms with Crippen molar-refractivity contribution in [1.29, 1.82) is 0 Å². The van der Waals surface area contributed by atoms with Crippen LogP contribution in [0.15, 0.2) is 79.4 Å². The monoisotopic (exact) mass is 670 g/mol. The third-order valence-corrected chi connectivity index (χ3v) is 11.3. The molecule has 2 heteroatoms. The third-order valence-electron chi connectivity index (χ3n) is 11.3. The molecule has 0 aliphatic carbocycles. The van der Waals surface area contributed by atoms with Crippen LogP contribution in [0.25, 0.3) is 0 Å². The first-order valence-corrected chi connectivity index (χ1v) is 21.3. The van der Waals surface area contributed by atoms with Crippen LogP contribution in [-0.2, 0) is 18.4 Å². The number of benzene rings is 2. The van der Waals surface area contributed by atoms with Crippen molar-refractivity contribution in [3.05, 3.63) is 90.5 Å². The van der Waals surface area contributed by atoms with E-state index < -0.39 is 0 Å². The molecule has 0 fully saturated rings. The van der Waals surface area contributed by atoms with E-state index in [-0.39, 0.29) is 5.41 Å². The first-order valence-electron chi connectivity index (χ1n) is 21.3. The van der Waals surface area contributed by atoms with Gasteiger partial charge in [-0.3, -0.25) is 0 Å². The largest absolute Gasteiger partial charge is 0.244 e. The lowest BCUT2D eigenvalue weighted by Gasteiger charge is -2.37. The molecule has 0 amide bonds. The fourth-order valence-electron chi connectivity index (χ4n) is 8.09. The standard InChI is InChI=1S/C47H77N2/c1-4-6-8-10-12-13-14-15-16-17-18-19-20-21-22-24-32-38-46(49-41-40-48(43-49)39-33-25-23-11-9-7-5-2)47(3,45-36-30-27-31-37-45)42-44-34-28-26-29-35-44/h26-31,34-37,40-41,43,46H,4-25,32-33,38-39,42H2,1-3H3/q+1. The lowest BCUT2D eigenvalue weighted by Crippen LogP contribution is -2.38. The highest BCUT2D eigenvalue weighted by atomic mass is 15.1. The van der Waals surface area contributed by atoms with Crippen molar-refractivity contribution in [2.45, 2.75) is 206 Å². The summed E-state index contributed by atoms with van der Waals surface area (Å²) in [5.74, 6) is 0. The number of aromatic nitrogens is 2. The summed E-state index contributed by atoms with van der Waals surface area (Å²) in [6, 6.07) is 23.0. The van der Waals surface area contributed by atoms with Gasteiger partial charge in [-0.05, 0) is 43.2 Å². The first kappa shape index (κ1) is 41.1. The number of hydrogen-bond acceptors (Lipinski definition) is 0. The molecule has 2 atom stereocenters.